The predicted octanol–water partition coefficient (Wildman–Crippen LogP) is 1.50. The Balaban J connectivity index is 2.65. The third-order valence-corrected chi connectivity index (χ3v) is 2.78. The lowest BCUT2D eigenvalue weighted by Gasteiger charge is -2.36. The Morgan fingerprint density at radius 2 is 2.00 bits per heavy atom. The number of rotatable bonds is 2. The lowest BCUT2D eigenvalue weighted by atomic mass is 9.98. The van der Waals surface area contributed by atoms with Crippen molar-refractivity contribution in [2.24, 2.45) is 0 Å². The molecule has 0 N–H and O–H groups in total. The van der Waals surface area contributed by atoms with E-state index in [-0.39, 0.29) is 17.9 Å². The first-order chi connectivity index (χ1) is 7.02. The minimum atomic E-state index is 0.0287. The van der Waals surface area contributed by atoms with Crippen LogP contribution in [0.25, 0.3) is 0 Å². The highest BCUT2D eigenvalue weighted by molar-refractivity contribution is 5.78. The summed E-state index contributed by atoms with van der Waals surface area (Å²) < 4.78 is 0. The Hall–Kier alpha value is -1.06. The Kier molecular flexibility index (Phi) is 4.12. The van der Waals surface area contributed by atoms with Gasteiger partial charge >= 0.3 is 6.03 Å². The number of piperidine rings is 1. The summed E-state index contributed by atoms with van der Waals surface area (Å²) in [5.74, 6) is 0.165. The summed E-state index contributed by atoms with van der Waals surface area (Å²) in [5.41, 5.74) is 0. The fraction of sp³-hybridized carbons (Fsp3) is 0.818. The predicted molar refractivity (Wildman–Crippen MR) is 58.7 cm³/mol. The molecule has 0 spiro atoms. The normalized spacial score (nSPS) is 21.3. The molecule has 1 aliphatic heterocycles. The van der Waals surface area contributed by atoms with Crippen molar-refractivity contribution >= 4 is 11.8 Å². The Morgan fingerprint density at radius 3 is 2.53 bits per heavy atom. The molecule has 0 bridgehead atoms. The molecule has 0 aromatic carbocycles. The van der Waals surface area contributed by atoms with Crippen molar-refractivity contribution < 1.29 is 9.59 Å². The van der Waals surface area contributed by atoms with E-state index in [1.807, 2.05) is 4.90 Å². The van der Waals surface area contributed by atoms with E-state index in [0.29, 0.717) is 6.42 Å². The van der Waals surface area contributed by atoms with Gasteiger partial charge in [-0.25, -0.2) is 4.79 Å². The van der Waals surface area contributed by atoms with Crippen molar-refractivity contribution in [3.05, 3.63) is 0 Å². The second kappa shape index (κ2) is 5.14. The van der Waals surface area contributed by atoms with Gasteiger partial charge in [-0.3, -0.25) is 4.79 Å². The number of carbonyl (C=O) groups is 2. The molecule has 2 amide bonds. The van der Waals surface area contributed by atoms with Crippen molar-refractivity contribution in [2.45, 2.75) is 38.6 Å². The highest BCUT2D eigenvalue weighted by Crippen LogP contribution is 2.20. The Labute approximate surface area is 91.2 Å². The molecule has 1 aliphatic rings. The minimum Gasteiger partial charge on any atom is -0.331 e. The molecule has 1 saturated heterocycles. The summed E-state index contributed by atoms with van der Waals surface area (Å²) in [6.45, 7) is 2.38. The molecule has 0 radical (unpaired) electrons. The molecular formula is C11H20N2O2. The number of amides is 2. The largest absolute Gasteiger partial charge is 0.331 e. The van der Waals surface area contributed by atoms with Crippen molar-refractivity contribution in [1.29, 1.82) is 0 Å². The zero-order valence-electron chi connectivity index (χ0n) is 9.82. The first-order valence-corrected chi connectivity index (χ1v) is 5.49. The smallest absolute Gasteiger partial charge is 0.319 e. The van der Waals surface area contributed by atoms with Gasteiger partial charge in [0.05, 0.1) is 0 Å². The van der Waals surface area contributed by atoms with Crippen LogP contribution in [0.4, 0.5) is 4.79 Å². The zero-order valence-corrected chi connectivity index (χ0v) is 9.82. The van der Waals surface area contributed by atoms with Crippen LogP contribution in [0.3, 0.4) is 0 Å². The van der Waals surface area contributed by atoms with Crippen molar-refractivity contribution in [1.82, 2.24) is 9.80 Å². The number of hydrogen-bond donors (Lipinski definition) is 0. The maximum atomic E-state index is 11.8. The van der Waals surface area contributed by atoms with Crippen LogP contribution >= 0.6 is 0 Å². The molecule has 1 fully saturated rings. The number of carbonyl (C=O) groups excluding carboxylic acids is 2. The third-order valence-electron chi connectivity index (χ3n) is 2.78. The minimum absolute atomic E-state index is 0.0287. The first-order valence-electron chi connectivity index (χ1n) is 5.49. The molecule has 0 aliphatic carbocycles. The number of hydrogen-bond acceptors (Lipinski definition) is 2. The van der Waals surface area contributed by atoms with Crippen LogP contribution in [0.15, 0.2) is 0 Å². The molecule has 1 heterocycles. The molecule has 0 saturated carbocycles. The molecule has 4 heteroatoms. The summed E-state index contributed by atoms with van der Waals surface area (Å²) in [4.78, 5) is 26.3. The second-order valence-corrected chi connectivity index (χ2v) is 4.43. The summed E-state index contributed by atoms with van der Waals surface area (Å²) >= 11 is 0. The van der Waals surface area contributed by atoms with Gasteiger partial charge < -0.3 is 9.80 Å². The fourth-order valence-electron chi connectivity index (χ4n) is 2.05. The standard InChI is InChI=1S/C11H20N2O2/c1-9(14)8-10-6-4-5-7-13(10)11(15)12(2)3/h10H,4-8H2,1-3H3. The maximum Gasteiger partial charge on any atom is 0.319 e. The second-order valence-electron chi connectivity index (χ2n) is 4.43. The Bertz CT molecular complexity index is 251. The molecule has 0 aromatic heterocycles. The van der Waals surface area contributed by atoms with Crippen molar-refractivity contribution in [3.8, 4) is 0 Å². The van der Waals surface area contributed by atoms with Gasteiger partial charge in [-0.05, 0) is 26.2 Å². The van der Waals surface area contributed by atoms with E-state index in [9.17, 15) is 9.59 Å². The average Bonchev–Trinajstić information content (AvgIpc) is 2.16. The Morgan fingerprint density at radius 1 is 1.33 bits per heavy atom. The summed E-state index contributed by atoms with van der Waals surface area (Å²) in [6.07, 6.45) is 3.63. The average molecular weight is 212 g/mol. The van der Waals surface area contributed by atoms with Gasteiger partial charge in [0.1, 0.15) is 5.78 Å². The van der Waals surface area contributed by atoms with E-state index in [2.05, 4.69) is 0 Å². The van der Waals surface area contributed by atoms with Gasteiger partial charge in [0.2, 0.25) is 0 Å². The van der Waals surface area contributed by atoms with E-state index in [1.54, 1.807) is 25.9 Å². The highest BCUT2D eigenvalue weighted by atomic mass is 16.2. The van der Waals surface area contributed by atoms with Crippen molar-refractivity contribution in [2.75, 3.05) is 20.6 Å². The number of ketones is 1. The first kappa shape index (κ1) is 12.0. The quantitative estimate of drug-likeness (QED) is 0.696. The summed E-state index contributed by atoms with van der Waals surface area (Å²) in [5, 5.41) is 0. The molecule has 0 aromatic rings. The molecule has 4 nitrogen and oxygen atoms in total. The van der Waals surface area contributed by atoms with Gasteiger partial charge in [-0.1, -0.05) is 0 Å². The molecule has 1 rings (SSSR count). The van der Waals surface area contributed by atoms with Crippen LogP contribution in [0.2, 0.25) is 0 Å². The third kappa shape index (κ3) is 3.22. The molecule has 1 unspecified atom stereocenters. The van der Waals surface area contributed by atoms with Crippen molar-refractivity contribution in [3.63, 3.8) is 0 Å². The van der Waals surface area contributed by atoms with Gasteiger partial charge in [0, 0.05) is 33.1 Å². The van der Waals surface area contributed by atoms with Crippen LogP contribution in [0, 0.1) is 0 Å². The lowest BCUT2D eigenvalue weighted by molar-refractivity contribution is -0.118. The van der Waals surface area contributed by atoms with Gasteiger partial charge in [-0.2, -0.15) is 0 Å². The van der Waals surface area contributed by atoms with Crippen LogP contribution in [0.5, 0.6) is 0 Å². The van der Waals surface area contributed by atoms with Gasteiger partial charge in [-0.15, -0.1) is 0 Å². The van der Waals surface area contributed by atoms with Crippen LogP contribution in [0.1, 0.15) is 32.6 Å². The number of Topliss-reactive ketones (excluding diaryl/α,β-unsaturated/α-hetero) is 1. The van der Waals surface area contributed by atoms with E-state index in [0.717, 1.165) is 25.8 Å². The summed E-state index contributed by atoms with van der Waals surface area (Å²) in [6, 6.07) is 0.145. The van der Waals surface area contributed by atoms with E-state index in [4.69, 9.17) is 0 Å². The lowest BCUT2D eigenvalue weighted by Crippen LogP contribution is -2.48. The summed E-state index contributed by atoms with van der Waals surface area (Å²) in [7, 11) is 3.50. The molecule has 1 atom stereocenters. The fourth-order valence-corrected chi connectivity index (χ4v) is 2.05. The van der Waals surface area contributed by atoms with E-state index in [1.165, 1.54) is 0 Å². The molecule has 86 valence electrons. The highest BCUT2D eigenvalue weighted by Gasteiger charge is 2.28. The number of urea groups is 1. The topological polar surface area (TPSA) is 40.6 Å². The van der Waals surface area contributed by atoms with Crippen LogP contribution in [-0.4, -0.2) is 48.3 Å². The monoisotopic (exact) mass is 212 g/mol. The molecule has 15 heavy (non-hydrogen) atoms. The van der Waals surface area contributed by atoms with E-state index >= 15 is 0 Å². The van der Waals surface area contributed by atoms with Gasteiger partial charge in [0.15, 0.2) is 0 Å². The van der Waals surface area contributed by atoms with Gasteiger partial charge in [0.25, 0.3) is 0 Å². The number of nitrogens with zero attached hydrogens (tertiary/aromatic N) is 2. The molecular weight excluding hydrogens is 192 g/mol. The van der Waals surface area contributed by atoms with E-state index < -0.39 is 0 Å². The van der Waals surface area contributed by atoms with Crippen LogP contribution < -0.4 is 0 Å². The number of likely N-dealkylation sites (tertiary alicyclic amines) is 1. The maximum absolute atomic E-state index is 11.8. The SMILES string of the molecule is CC(=O)CC1CCCCN1C(=O)N(C)C. The van der Waals surface area contributed by atoms with Crippen LogP contribution in [-0.2, 0) is 4.79 Å². The zero-order chi connectivity index (χ0) is 11.4.